The van der Waals surface area contributed by atoms with E-state index in [1.807, 2.05) is 54.6 Å². The summed E-state index contributed by atoms with van der Waals surface area (Å²) in [6.45, 7) is 0.168. The van der Waals surface area contributed by atoms with Crippen molar-refractivity contribution >= 4 is 21.9 Å². The van der Waals surface area contributed by atoms with Crippen LogP contribution in [-0.4, -0.2) is 28.4 Å². The topological polar surface area (TPSA) is 52.6 Å². The molecule has 0 aliphatic heterocycles. The Balaban J connectivity index is 2.09. The Bertz CT molecular complexity index is 697. The average molecular weight is 352 g/mol. The third-order valence-electron chi connectivity index (χ3n) is 3.19. The van der Waals surface area contributed by atoms with Crippen molar-refractivity contribution < 1.29 is 17.3 Å². The van der Waals surface area contributed by atoms with Gasteiger partial charge in [0, 0.05) is 10.1 Å². The van der Waals surface area contributed by atoms with Crippen LogP contribution >= 0.6 is 11.8 Å². The summed E-state index contributed by atoms with van der Waals surface area (Å²) in [4.78, 5) is 1.10. The lowest BCUT2D eigenvalue weighted by molar-refractivity contribution is 0.315. The third-order valence-corrected chi connectivity index (χ3v) is 5.12. The second kappa shape index (κ2) is 8.38. The zero-order chi connectivity index (χ0) is 16.7. The second-order valence-electron chi connectivity index (χ2n) is 5.01. The SMILES string of the molecule is COc1ccc(SC(CCOS(C)(=O)=O)c2ccccc2)cc1. The Morgan fingerprint density at radius 3 is 2.26 bits per heavy atom. The number of hydrogen-bond donors (Lipinski definition) is 0. The van der Waals surface area contributed by atoms with E-state index in [1.54, 1.807) is 18.9 Å². The molecule has 4 nitrogen and oxygen atoms in total. The normalized spacial score (nSPS) is 12.8. The van der Waals surface area contributed by atoms with Crippen molar-refractivity contribution in [2.75, 3.05) is 20.0 Å². The highest BCUT2D eigenvalue weighted by Crippen LogP contribution is 2.38. The van der Waals surface area contributed by atoms with Crippen molar-refractivity contribution in [1.29, 1.82) is 0 Å². The van der Waals surface area contributed by atoms with Gasteiger partial charge in [-0.2, -0.15) is 8.42 Å². The van der Waals surface area contributed by atoms with Crippen LogP contribution < -0.4 is 4.74 Å². The minimum Gasteiger partial charge on any atom is -0.497 e. The maximum Gasteiger partial charge on any atom is 0.264 e. The van der Waals surface area contributed by atoms with Crippen molar-refractivity contribution in [3.8, 4) is 5.75 Å². The zero-order valence-electron chi connectivity index (χ0n) is 13.1. The summed E-state index contributed by atoms with van der Waals surface area (Å²) >= 11 is 1.68. The molecule has 0 amide bonds. The Morgan fingerprint density at radius 1 is 1.04 bits per heavy atom. The van der Waals surface area contributed by atoms with Gasteiger partial charge in [0.2, 0.25) is 0 Å². The van der Waals surface area contributed by atoms with Crippen LogP contribution in [0.15, 0.2) is 59.5 Å². The van der Waals surface area contributed by atoms with Crippen molar-refractivity contribution in [1.82, 2.24) is 0 Å². The van der Waals surface area contributed by atoms with E-state index in [9.17, 15) is 8.42 Å². The maximum absolute atomic E-state index is 11.1. The van der Waals surface area contributed by atoms with E-state index in [1.165, 1.54) is 0 Å². The molecule has 0 saturated carbocycles. The van der Waals surface area contributed by atoms with Crippen LogP contribution in [0.5, 0.6) is 5.75 Å². The van der Waals surface area contributed by atoms with E-state index < -0.39 is 10.1 Å². The lowest BCUT2D eigenvalue weighted by atomic mass is 10.1. The van der Waals surface area contributed by atoms with E-state index in [0.717, 1.165) is 22.5 Å². The molecule has 0 saturated heterocycles. The quantitative estimate of drug-likeness (QED) is 0.533. The Morgan fingerprint density at radius 2 is 1.70 bits per heavy atom. The number of hydrogen-bond acceptors (Lipinski definition) is 5. The Labute approximate surface area is 141 Å². The Hall–Kier alpha value is -1.50. The van der Waals surface area contributed by atoms with Crippen molar-refractivity contribution in [2.45, 2.75) is 16.6 Å². The number of methoxy groups -OCH3 is 1. The zero-order valence-corrected chi connectivity index (χ0v) is 14.8. The van der Waals surface area contributed by atoms with Crippen LogP contribution in [0.1, 0.15) is 17.2 Å². The summed E-state index contributed by atoms with van der Waals surface area (Å²) in [5.41, 5.74) is 1.14. The highest BCUT2D eigenvalue weighted by atomic mass is 32.2. The smallest absolute Gasteiger partial charge is 0.264 e. The van der Waals surface area contributed by atoms with Gasteiger partial charge in [-0.3, -0.25) is 4.18 Å². The highest BCUT2D eigenvalue weighted by molar-refractivity contribution is 7.99. The lowest BCUT2D eigenvalue weighted by Gasteiger charge is -2.17. The predicted molar refractivity (Wildman–Crippen MR) is 93.4 cm³/mol. The average Bonchev–Trinajstić information content (AvgIpc) is 2.54. The molecule has 0 heterocycles. The lowest BCUT2D eigenvalue weighted by Crippen LogP contribution is -2.07. The monoisotopic (exact) mass is 352 g/mol. The summed E-state index contributed by atoms with van der Waals surface area (Å²) in [6.07, 6.45) is 1.68. The molecule has 0 aliphatic rings. The molecule has 0 spiro atoms. The summed E-state index contributed by atoms with van der Waals surface area (Å²) in [5.74, 6) is 0.811. The van der Waals surface area contributed by atoms with Gasteiger partial charge in [0.05, 0.1) is 20.0 Å². The number of benzene rings is 2. The minimum absolute atomic E-state index is 0.117. The van der Waals surface area contributed by atoms with Crippen LogP contribution in [-0.2, 0) is 14.3 Å². The molecule has 0 fully saturated rings. The van der Waals surface area contributed by atoms with E-state index in [0.29, 0.717) is 6.42 Å². The standard InChI is InChI=1S/C17H20O4S2/c1-20-15-8-10-16(11-9-15)22-17(12-13-21-23(2,18)19)14-6-4-3-5-7-14/h3-11,17H,12-13H2,1-2H3. The highest BCUT2D eigenvalue weighted by Gasteiger charge is 2.14. The number of thioether (sulfide) groups is 1. The first kappa shape index (κ1) is 17.8. The van der Waals surface area contributed by atoms with Gasteiger partial charge >= 0.3 is 0 Å². The fraction of sp³-hybridized carbons (Fsp3) is 0.294. The molecule has 6 heteroatoms. The molecule has 23 heavy (non-hydrogen) atoms. The van der Waals surface area contributed by atoms with Gasteiger partial charge < -0.3 is 4.74 Å². The van der Waals surface area contributed by atoms with Gasteiger partial charge in [-0.05, 0) is 36.2 Å². The molecule has 0 radical (unpaired) electrons. The van der Waals surface area contributed by atoms with Gasteiger partial charge in [-0.15, -0.1) is 11.8 Å². The minimum atomic E-state index is -3.41. The van der Waals surface area contributed by atoms with E-state index in [-0.39, 0.29) is 11.9 Å². The van der Waals surface area contributed by atoms with Gasteiger partial charge in [-0.25, -0.2) is 0 Å². The van der Waals surface area contributed by atoms with Gasteiger partial charge in [0.15, 0.2) is 0 Å². The van der Waals surface area contributed by atoms with Crippen molar-refractivity contribution in [2.24, 2.45) is 0 Å². The largest absolute Gasteiger partial charge is 0.497 e. The van der Waals surface area contributed by atoms with Crippen LogP contribution in [0.2, 0.25) is 0 Å². The molecule has 124 valence electrons. The van der Waals surface area contributed by atoms with Gasteiger partial charge in [0.25, 0.3) is 10.1 Å². The molecule has 0 aliphatic carbocycles. The van der Waals surface area contributed by atoms with Crippen molar-refractivity contribution in [3.05, 3.63) is 60.2 Å². The molecule has 1 unspecified atom stereocenters. The first-order chi connectivity index (χ1) is 11.0. The molecule has 1 atom stereocenters. The molecular formula is C17H20O4S2. The van der Waals surface area contributed by atoms with E-state index >= 15 is 0 Å². The Kier molecular flexibility index (Phi) is 6.50. The van der Waals surface area contributed by atoms with Crippen LogP contribution in [0.3, 0.4) is 0 Å². The molecule has 0 aromatic heterocycles. The van der Waals surface area contributed by atoms with E-state index in [2.05, 4.69) is 0 Å². The van der Waals surface area contributed by atoms with E-state index in [4.69, 9.17) is 8.92 Å². The summed E-state index contributed by atoms with van der Waals surface area (Å²) in [5, 5.41) is 0.117. The predicted octanol–water partition coefficient (Wildman–Crippen LogP) is 3.89. The van der Waals surface area contributed by atoms with Crippen LogP contribution in [0.25, 0.3) is 0 Å². The van der Waals surface area contributed by atoms with Crippen LogP contribution in [0, 0.1) is 0 Å². The molecular weight excluding hydrogens is 332 g/mol. The van der Waals surface area contributed by atoms with Crippen LogP contribution in [0.4, 0.5) is 0 Å². The van der Waals surface area contributed by atoms with Gasteiger partial charge in [0.1, 0.15) is 5.75 Å². The van der Waals surface area contributed by atoms with Gasteiger partial charge in [-0.1, -0.05) is 30.3 Å². The van der Waals surface area contributed by atoms with Crippen molar-refractivity contribution in [3.63, 3.8) is 0 Å². The molecule has 0 N–H and O–H groups in total. The first-order valence-electron chi connectivity index (χ1n) is 7.18. The molecule has 2 aromatic carbocycles. The third kappa shape index (κ3) is 6.25. The fourth-order valence-electron chi connectivity index (χ4n) is 2.09. The molecule has 2 aromatic rings. The second-order valence-corrected chi connectivity index (χ2v) is 7.93. The number of ether oxygens (including phenoxy) is 1. The molecule has 0 bridgehead atoms. The number of rotatable bonds is 8. The fourth-order valence-corrected chi connectivity index (χ4v) is 3.61. The maximum atomic E-state index is 11.1. The first-order valence-corrected chi connectivity index (χ1v) is 9.87. The summed E-state index contributed by atoms with van der Waals surface area (Å²) in [7, 11) is -1.77. The summed E-state index contributed by atoms with van der Waals surface area (Å²) < 4.78 is 32.3. The summed E-state index contributed by atoms with van der Waals surface area (Å²) in [6, 6.07) is 17.8. The molecule has 2 rings (SSSR count).